The highest BCUT2D eigenvalue weighted by Crippen LogP contribution is 2.23. The van der Waals surface area contributed by atoms with E-state index in [0.29, 0.717) is 0 Å². The van der Waals surface area contributed by atoms with Gasteiger partial charge < -0.3 is 15.1 Å². The molecule has 1 aliphatic rings. The number of carboxylic acid groups (broad SMARTS) is 1. The smallest absolute Gasteiger partial charge is 0.309 e. The van der Waals surface area contributed by atoms with Crippen LogP contribution in [-0.4, -0.2) is 46.7 Å². The van der Waals surface area contributed by atoms with Gasteiger partial charge in [0, 0.05) is 13.5 Å². The number of likely N-dealkylation sites (N-methyl/N-ethyl adjacent to an activating group) is 1. The molecule has 0 unspecified atom stereocenters. The molecule has 1 fully saturated rings. The number of hydrogen-bond acceptors (Lipinski definition) is 3. The number of likely N-dealkylation sites (tertiary alicyclic amines) is 1. The van der Waals surface area contributed by atoms with E-state index in [1.54, 1.807) is 0 Å². The van der Waals surface area contributed by atoms with Crippen molar-refractivity contribution in [1.82, 2.24) is 4.90 Å². The lowest BCUT2D eigenvalue weighted by atomic mass is 10.0. The molecule has 5 heteroatoms. The fourth-order valence-electron chi connectivity index (χ4n) is 1.42. The van der Waals surface area contributed by atoms with E-state index in [4.69, 9.17) is 10.2 Å². The number of carbonyl (C=O) groups excluding carboxylic acids is 1. The molecule has 2 N–H and O–H groups in total. The third-order valence-electron chi connectivity index (χ3n) is 2.25. The van der Waals surface area contributed by atoms with Gasteiger partial charge in [0.15, 0.2) is 0 Å². The van der Waals surface area contributed by atoms with Crippen LogP contribution in [-0.2, 0) is 9.59 Å². The van der Waals surface area contributed by atoms with Crippen molar-refractivity contribution < 1.29 is 19.8 Å². The van der Waals surface area contributed by atoms with Crippen molar-refractivity contribution in [2.75, 3.05) is 13.7 Å². The second-order valence-corrected chi connectivity index (χ2v) is 2.90. The zero-order valence-corrected chi connectivity index (χ0v) is 6.73. The van der Waals surface area contributed by atoms with Gasteiger partial charge in [0.25, 0.3) is 0 Å². The normalized spacial score (nSPS) is 29.5. The summed E-state index contributed by atoms with van der Waals surface area (Å²) in [6.45, 7) is -0.292. The molecule has 1 rings (SSSR count). The van der Waals surface area contributed by atoms with Gasteiger partial charge in [-0.15, -0.1) is 0 Å². The Morgan fingerprint density at radius 1 is 1.75 bits per heavy atom. The summed E-state index contributed by atoms with van der Waals surface area (Å²) in [6, 6.07) is -0.560. The summed E-state index contributed by atoms with van der Waals surface area (Å²) in [7, 11) is 1.51. The lowest BCUT2D eigenvalue weighted by molar-refractivity contribution is -0.143. The fraction of sp³-hybridized carbons (Fsp3) is 0.714. The van der Waals surface area contributed by atoms with Crippen LogP contribution < -0.4 is 0 Å². The Labute approximate surface area is 69.6 Å². The number of amides is 1. The second kappa shape index (κ2) is 3.10. The highest BCUT2D eigenvalue weighted by atomic mass is 16.4. The zero-order valence-electron chi connectivity index (χ0n) is 6.73. The molecule has 1 amide bonds. The predicted molar refractivity (Wildman–Crippen MR) is 39.4 cm³/mol. The Kier molecular flexibility index (Phi) is 2.32. The average Bonchev–Trinajstić information content (AvgIpc) is 2.29. The molecular weight excluding hydrogens is 162 g/mol. The molecule has 0 bridgehead atoms. The summed E-state index contributed by atoms with van der Waals surface area (Å²) in [5, 5.41) is 17.5. The predicted octanol–water partition coefficient (Wildman–Crippen LogP) is -1.09. The van der Waals surface area contributed by atoms with Crippen LogP contribution in [0.15, 0.2) is 0 Å². The van der Waals surface area contributed by atoms with E-state index in [2.05, 4.69) is 0 Å². The van der Waals surface area contributed by atoms with Gasteiger partial charge in [-0.2, -0.15) is 0 Å². The van der Waals surface area contributed by atoms with Crippen molar-refractivity contribution in [3.8, 4) is 0 Å². The first-order chi connectivity index (χ1) is 5.57. The highest BCUT2D eigenvalue weighted by molar-refractivity contribution is 5.86. The summed E-state index contributed by atoms with van der Waals surface area (Å²) in [5.41, 5.74) is 0. The number of carbonyl (C=O) groups is 2. The largest absolute Gasteiger partial charge is 0.481 e. The molecule has 1 saturated heterocycles. The van der Waals surface area contributed by atoms with E-state index in [0.717, 1.165) is 0 Å². The van der Waals surface area contributed by atoms with Crippen LogP contribution in [0.2, 0.25) is 0 Å². The molecule has 0 aromatic heterocycles. The molecule has 0 aliphatic carbocycles. The molecular formula is C7H11NO4. The van der Waals surface area contributed by atoms with E-state index < -0.39 is 17.9 Å². The fourth-order valence-corrected chi connectivity index (χ4v) is 1.42. The maximum Gasteiger partial charge on any atom is 0.309 e. The van der Waals surface area contributed by atoms with Gasteiger partial charge in [-0.25, -0.2) is 0 Å². The first-order valence-electron chi connectivity index (χ1n) is 3.67. The molecule has 0 radical (unpaired) electrons. The Morgan fingerprint density at radius 2 is 2.33 bits per heavy atom. The van der Waals surface area contributed by atoms with E-state index >= 15 is 0 Å². The molecule has 68 valence electrons. The first-order valence-corrected chi connectivity index (χ1v) is 3.67. The van der Waals surface area contributed by atoms with Crippen molar-refractivity contribution in [2.24, 2.45) is 5.92 Å². The molecule has 1 heterocycles. The van der Waals surface area contributed by atoms with E-state index in [-0.39, 0.29) is 18.9 Å². The van der Waals surface area contributed by atoms with Gasteiger partial charge in [0.1, 0.15) is 0 Å². The van der Waals surface area contributed by atoms with Crippen molar-refractivity contribution in [3.63, 3.8) is 0 Å². The molecule has 0 spiro atoms. The van der Waals surface area contributed by atoms with Gasteiger partial charge in [0.05, 0.1) is 18.6 Å². The maximum absolute atomic E-state index is 11.0. The number of aliphatic carboxylic acids is 1. The summed E-state index contributed by atoms with van der Waals surface area (Å²) >= 11 is 0. The average molecular weight is 173 g/mol. The van der Waals surface area contributed by atoms with Gasteiger partial charge >= 0.3 is 5.97 Å². The number of hydrogen-bond donors (Lipinski definition) is 2. The van der Waals surface area contributed by atoms with E-state index in [9.17, 15) is 9.59 Å². The number of rotatable bonds is 2. The number of aliphatic hydroxyl groups is 1. The van der Waals surface area contributed by atoms with Crippen LogP contribution in [0, 0.1) is 5.92 Å². The third kappa shape index (κ3) is 1.27. The monoisotopic (exact) mass is 173 g/mol. The Morgan fingerprint density at radius 3 is 2.67 bits per heavy atom. The summed E-state index contributed by atoms with van der Waals surface area (Å²) in [6.07, 6.45) is -0.00292. The molecule has 0 saturated carbocycles. The van der Waals surface area contributed by atoms with Crippen LogP contribution in [0.3, 0.4) is 0 Å². The van der Waals surface area contributed by atoms with Gasteiger partial charge in [0.2, 0.25) is 5.91 Å². The molecule has 0 aromatic carbocycles. The first kappa shape index (κ1) is 8.99. The summed E-state index contributed by atoms with van der Waals surface area (Å²) in [4.78, 5) is 22.9. The van der Waals surface area contributed by atoms with E-state index in [1.807, 2.05) is 0 Å². The van der Waals surface area contributed by atoms with Crippen molar-refractivity contribution in [3.05, 3.63) is 0 Å². The Bertz CT molecular complexity index is 215. The maximum atomic E-state index is 11.0. The lowest BCUT2D eigenvalue weighted by Crippen LogP contribution is -2.37. The minimum absolute atomic E-state index is 0.00292. The summed E-state index contributed by atoms with van der Waals surface area (Å²) < 4.78 is 0. The molecule has 0 aromatic rings. The Balaban J connectivity index is 2.78. The van der Waals surface area contributed by atoms with Crippen molar-refractivity contribution in [1.29, 1.82) is 0 Å². The topological polar surface area (TPSA) is 77.8 Å². The van der Waals surface area contributed by atoms with Crippen LogP contribution in [0.4, 0.5) is 0 Å². The number of carboxylic acids is 1. The SMILES string of the molecule is CN1C(=O)C[C@@H](C(=O)O)[C@@H]1CO. The standard InChI is InChI=1S/C7H11NO4/c1-8-5(3-9)4(7(11)12)2-6(8)10/h4-5,9H,2-3H2,1H3,(H,11,12)/t4-,5+/m1/s1. The van der Waals surface area contributed by atoms with Gasteiger partial charge in [-0.3, -0.25) is 9.59 Å². The van der Waals surface area contributed by atoms with E-state index in [1.165, 1.54) is 11.9 Å². The number of nitrogens with zero attached hydrogens (tertiary/aromatic N) is 1. The molecule has 2 atom stereocenters. The minimum Gasteiger partial charge on any atom is -0.481 e. The molecule has 5 nitrogen and oxygen atoms in total. The van der Waals surface area contributed by atoms with Crippen molar-refractivity contribution >= 4 is 11.9 Å². The van der Waals surface area contributed by atoms with Crippen LogP contribution in [0.1, 0.15) is 6.42 Å². The molecule has 1 aliphatic heterocycles. The van der Waals surface area contributed by atoms with Gasteiger partial charge in [-0.05, 0) is 0 Å². The lowest BCUT2D eigenvalue weighted by Gasteiger charge is -2.19. The van der Waals surface area contributed by atoms with Crippen LogP contribution >= 0.6 is 0 Å². The van der Waals surface area contributed by atoms with Crippen LogP contribution in [0.25, 0.3) is 0 Å². The van der Waals surface area contributed by atoms with Gasteiger partial charge in [-0.1, -0.05) is 0 Å². The quantitative estimate of drug-likeness (QED) is 0.556. The number of aliphatic hydroxyl groups excluding tert-OH is 1. The zero-order chi connectivity index (χ0) is 9.30. The highest BCUT2D eigenvalue weighted by Gasteiger charge is 2.41. The van der Waals surface area contributed by atoms with Crippen LogP contribution in [0.5, 0.6) is 0 Å². The van der Waals surface area contributed by atoms with Crippen molar-refractivity contribution in [2.45, 2.75) is 12.5 Å². The molecule has 12 heavy (non-hydrogen) atoms. The Hall–Kier alpha value is -1.10. The second-order valence-electron chi connectivity index (χ2n) is 2.90. The summed E-state index contributed by atoms with van der Waals surface area (Å²) in [5.74, 6) is -2.00. The minimum atomic E-state index is -1.02. The third-order valence-corrected chi connectivity index (χ3v) is 2.25.